The number of para-hydroxylation sites is 2. The van der Waals surface area contributed by atoms with Gasteiger partial charge in [-0.25, -0.2) is 0 Å². The first-order valence-corrected chi connectivity index (χ1v) is 6.36. The number of rotatable bonds is 0. The normalized spacial score (nSPS) is 15.5. The van der Waals surface area contributed by atoms with Gasteiger partial charge in [0.15, 0.2) is 5.84 Å². The van der Waals surface area contributed by atoms with E-state index in [1.807, 2.05) is 24.3 Å². The van der Waals surface area contributed by atoms with Crippen molar-refractivity contribution in [3.63, 3.8) is 0 Å². The van der Waals surface area contributed by atoms with E-state index in [1.165, 1.54) is 4.88 Å². The minimum Gasteiger partial charge on any atom is -0.345 e. The average molecular weight is 264 g/mol. The van der Waals surface area contributed by atoms with Gasteiger partial charge in [-0.1, -0.05) is 12.1 Å². The minimum absolute atomic E-state index is 0.684. The summed E-state index contributed by atoms with van der Waals surface area (Å²) in [6.45, 7) is 2.07. The van der Waals surface area contributed by atoms with Crippen LogP contribution in [0.4, 0.5) is 16.4 Å². The summed E-state index contributed by atoms with van der Waals surface area (Å²) in [6, 6.07) is 10.1. The molecule has 0 atom stereocenters. The molecule has 1 aliphatic rings. The van der Waals surface area contributed by atoms with Crippen LogP contribution in [0.5, 0.6) is 0 Å². The van der Waals surface area contributed by atoms with Gasteiger partial charge in [0.05, 0.1) is 16.9 Å². The Kier molecular flexibility index (Phi) is 2.53. The molecule has 2 heterocycles. The second-order valence-electron chi connectivity index (χ2n) is 3.83. The molecule has 17 heavy (non-hydrogen) atoms. The topological polar surface area (TPSA) is 36.4 Å². The monoisotopic (exact) mass is 263 g/mol. The molecule has 0 radical (unpaired) electrons. The van der Waals surface area contributed by atoms with E-state index in [0.717, 1.165) is 21.9 Å². The molecule has 0 aliphatic carbocycles. The van der Waals surface area contributed by atoms with Gasteiger partial charge in [0.1, 0.15) is 5.00 Å². The van der Waals surface area contributed by atoms with Crippen molar-refractivity contribution in [3.05, 3.63) is 40.8 Å². The van der Waals surface area contributed by atoms with Crippen molar-refractivity contribution in [3.8, 4) is 0 Å². The van der Waals surface area contributed by atoms with Crippen LogP contribution in [0.25, 0.3) is 0 Å². The molecule has 0 amide bonds. The van der Waals surface area contributed by atoms with Gasteiger partial charge in [0, 0.05) is 16.7 Å². The highest BCUT2D eigenvalue weighted by Gasteiger charge is 2.19. The van der Waals surface area contributed by atoms with Gasteiger partial charge in [-0.3, -0.25) is 0 Å². The van der Waals surface area contributed by atoms with E-state index in [2.05, 4.69) is 28.1 Å². The molecule has 3 nitrogen and oxygen atoms in total. The van der Waals surface area contributed by atoms with Crippen LogP contribution in [-0.4, -0.2) is 5.84 Å². The van der Waals surface area contributed by atoms with Crippen LogP contribution in [0.1, 0.15) is 10.4 Å². The van der Waals surface area contributed by atoms with Crippen molar-refractivity contribution in [2.24, 2.45) is 4.51 Å². The Hall–Kier alpha value is -1.52. The lowest BCUT2D eigenvalue weighted by Crippen LogP contribution is -2.10. The fourth-order valence-corrected chi connectivity index (χ4v) is 2.93. The quantitative estimate of drug-likeness (QED) is 0.750. The summed E-state index contributed by atoms with van der Waals surface area (Å²) < 4.78 is 3.81. The summed E-state index contributed by atoms with van der Waals surface area (Å²) >= 11 is 7.35. The summed E-state index contributed by atoms with van der Waals surface area (Å²) in [6.07, 6.45) is 0. The van der Waals surface area contributed by atoms with Crippen molar-refractivity contribution < 1.29 is 0 Å². The zero-order chi connectivity index (χ0) is 11.8. The molecule has 0 bridgehead atoms. The molecule has 2 N–H and O–H groups in total. The number of amidine groups is 1. The highest BCUT2D eigenvalue weighted by Crippen LogP contribution is 2.37. The van der Waals surface area contributed by atoms with Crippen LogP contribution < -0.4 is 10.6 Å². The Morgan fingerprint density at radius 2 is 1.88 bits per heavy atom. The van der Waals surface area contributed by atoms with Crippen molar-refractivity contribution >= 4 is 45.3 Å². The maximum atomic E-state index is 5.66. The lowest BCUT2D eigenvalue weighted by molar-refractivity contribution is 1.59. The van der Waals surface area contributed by atoms with Gasteiger partial charge in [0.25, 0.3) is 0 Å². The van der Waals surface area contributed by atoms with E-state index in [0.29, 0.717) is 5.84 Å². The van der Waals surface area contributed by atoms with E-state index in [9.17, 15) is 0 Å². The van der Waals surface area contributed by atoms with Crippen molar-refractivity contribution in [2.75, 3.05) is 10.6 Å². The number of halogens is 1. The number of nitrogens with one attached hydrogen (secondary N) is 2. The molecule has 0 saturated heterocycles. The molecule has 86 valence electrons. The first-order valence-electron chi connectivity index (χ1n) is 5.21. The molecule has 0 saturated carbocycles. The third kappa shape index (κ3) is 1.79. The second kappa shape index (κ2) is 4.05. The van der Waals surface area contributed by atoms with E-state index in [-0.39, 0.29) is 0 Å². The largest absolute Gasteiger partial charge is 0.345 e. The maximum absolute atomic E-state index is 5.66. The van der Waals surface area contributed by atoms with E-state index >= 15 is 0 Å². The molecule has 1 aromatic carbocycles. The zero-order valence-electron chi connectivity index (χ0n) is 9.12. The smallest absolute Gasteiger partial charge is 0.155 e. The molecule has 2 aromatic rings. The molecule has 1 aliphatic heterocycles. The first-order chi connectivity index (χ1) is 8.28. The number of nitrogens with zero attached hydrogens (tertiary/aromatic N) is 1. The van der Waals surface area contributed by atoms with Crippen LogP contribution in [0.15, 0.2) is 34.8 Å². The highest BCUT2D eigenvalue weighted by molar-refractivity contribution is 7.16. The summed E-state index contributed by atoms with van der Waals surface area (Å²) in [5, 5.41) is 7.71. The van der Waals surface area contributed by atoms with Gasteiger partial charge < -0.3 is 10.6 Å². The molecule has 0 spiro atoms. The third-order valence-electron chi connectivity index (χ3n) is 2.62. The summed E-state index contributed by atoms with van der Waals surface area (Å²) in [7, 11) is 0. The molecule has 0 unspecified atom stereocenters. The second-order valence-corrected chi connectivity index (χ2v) is 5.25. The predicted molar refractivity (Wildman–Crippen MR) is 74.8 cm³/mol. The van der Waals surface area contributed by atoms with Crippen LogP contribution in [0.2, 0.25) is 0 Å². The van der Waals surface area contributed by atoms with Gasteiger partial charge in [0.2, 0.25) is 0 Å². The molecule has 3 rings (SSSR count). The summed E-state index contributed by atoms with van der Waals surface area (Å²) in [4.78, 5) is 1.22. The van der Waals surface area contributed by atoms with Crippen LogP contribution in [0.3, 0.4) is 0 Å². The highest BCUT2D eigenvalue weighted by atomic mass is 35.5. The van der Waals surface area contributed by atoms with Gasteiger partial charge in [-0.05, 0) is 25.1 Å². The van der Waals surface area contributed by atoms with Gasteiger partial charge in [-0.15, -0.1) is 11.3 Å². The lowest BCUT2D eigenvalue weighted by Gasteiger charge is -2.07. The fourth-order valence-electron chi connectivity index (χ4n) is 1.87. The van der Waals surface area contributed by atoms with Gasteiger partial charge >= 0.3 is 0 Å². The minimum atomic E-state index is 0.684. The molecule has 0 fully saturated rings. The summed E-state index contributed by atoms with van der Waals surface area (Å²) in [5.41, 5.74) is 3.03. The van der Waals surface area contributed by atoms with Crippen LogP contribution >= 0.6 is 23.1 Å². The average Bonchev–Trinajstić information content (AvgIpc) is 2.62. The summed E-state index contributed by atoms with van der Waals surface area (Å²) in [5.74, 6) is 0.684. The number of fused-ring (bicyclic) bond motifs is 2. The predicted octanol–water partition coefficient (Wildman–Crippen LogP) is 4.13. The zero-order valence-corrected chi connectivity index (χ0v) is 10.7. The Morgan fingerprint density at radius 3 is 2.59 bits per heavy atom. The number of anilines is 3. The number of benzene rings is 1. The van der Waals surface area contributed by atoms with E-state index in [1.54, 1.807) is 11.3 Å². The van der Waals surface area contributed by atoms with Crippen molar-refractivity contribution in [1.82, 2.24) is 0 Å². The molecular formula is C12H10ClN3S. The maximum Gasteiger partial charge on any atom is 0.155 e. The van der Waals surface area contributed by atoms with Gasteiger partial charge in [-0.2, -0.15) is 4.51 Å². The fraction of sp³-hybridized carbons (Fsp3) is 0.0833. The lowest BCUT2D eigenvalue weighted by atomic mass is 10.2. The Morgan fingerprint density at radius 1 is 1.18 bits per heavy atom. The van der Waals surface area contributed by atoms with Crippen LogP contribution in [-0.2, 0) is 0 Å². The number of hydrogen-bond acceptors (Lipinski definition) is 3. The van der Waals surface area contributed by atoms with Crippen molar-refractivity contribution in [2.45, 2.75) is 6.92 Å². The number of aryl methyl sites for hydroxylation is 1. The Bertz CT molecular complexity index is 604. The molecule has 5 heteroatoms. The molecule has 1 aromatic heterocycles. The SMILES string of the molecule is Cc1cc2c(s1)Nc1ccccc1NC2=NCl. The first kappa shape index (κ1) is 10.6. The van der Waals surface area contributed by atoms with Crippen molar-refractivity contribution in [1.29, 1.82) is 0 Å². The Balaban J connectivity index is 2.19. The van der Waals surface area contributed by atoms with E-state index in [4.69, 9.17) is 11.8 Å². The van der Waals surface area contributed by atoms with Crippen LogP contribution in [0, 0.1) is 6.92 Å². The van der Waals surface area contributed by atoms with E-state index < -0.39 is 0 Å². The Labute approximate surface area is 108 Å². The standard InChI is InChI=1S/C12H10ClN3S/c1-7-6-8-11(16-13)14-9-4-2-3-5-10(9)15-12(8)17-7/h2-6,15H,1H3,(H,14,16). The third-order valence-corrected chi connectivity index (χ3v) is 3.76. The molecular weight excluding hydrogens is 254 g/mol. The number of thiophene rings is 1. The number of hydrogen-bond donors (Lipinski definition) is 2.